The average Bonchev–Trinajstić information content (AvgIpc) is 3.46. The van der Waals surface area contributed by atoms with E-state index in [1.807, 2.05) is 0 Å². The first-order valence-electron chi connectivity index (χ1n) is 7.93. The molecule has 2 aliphatic rings. The van der Waals surface area contributed by atoms with Gasteiger partial charge in [0, 0.05) is 12.1 Å². The fraction of sp³-hybridized carbons (Fsp3) is 0.412. The van der Waals surface area contributed by atoms with Crippen LogP contribution in [0.4, 0.5) is 4.39 Å². The summed E-state index contributed by atoms with van der Waals surface area (Å²) in [4.78, 5) is 27.7. The SMILES string of the molecule is O=c1[nH]cc(-c2cc([C@H]3C[C@@H]3CF)c(C#CC3CC3)nn2)c(=O)[nH]1. The summed E-state index contributed by atoms with van der Waals surface area (Å²) < 4.78 is 12.9. The highest BCUT2D eigenvalue weighted by molar-refractivity contribution is 5.59. The van der Waals surface area contributed by atoms with Crippen molar-refractivity contribution in [3.63, 3.8) is 0 Å². The van der Waals surface area contributed by atoms with Gasteiger partial charge in [0.1, 0.15) is 11.4 Å². The summed E-state index contributed by atoms with van der Waals surface area (Å²) in [5.41, 5.74) is 0.859. The Balaban J connectivity index is 1.77. The highest BCUT2D eigenvalue weighted by Gasteiger charge is 2.40. The van der Waals surface area contributed by atoms with E-state index in [0.29, 0.717) is 17.3 Å². The molecule has 24 heavy (non-hydrogen) atoms. The van der Waals surface area contributed by atoms with E-state index in [4.69, 9.17) is 0 Å². The zero-order valence-corrected chi connectivity index (χ0v) is 12.8. The molecule has 2 fully saturated rings. The fourth-order valence-electron chi connectivity index (χ4n) is 2.71. The van der Waals surface area contributed by atoms with E-state index < -0.39 is 11.2 Å². The predicted molar refractivity (Wildman–Crippen MR) is 85.1 cm³/mol. The Morgan fingerprint density at radius 2 is 2.12 bits per heavy atom. The Labute approximate surface area is 136 Å². The van der Waals surface area contributed by atoms with Crippen LogP contribution in [-0.4, -0.2) is 26.8 Å². The molecule has 0 aliphatic heterocycles. The van der Waals surface area contributed by atoms with Crippen LogP contribution in [0.3, 0.4) is 0 Å². The molecule has 2 N–H and O–H groups in total. The lowest BCUT2D eigenvalue weighted by Crippen LogP contribution is -2.23. The minimum absolute atomic E-state index is 0.0163. The number of hydrogen-bond acceptors (Lipinski definition) is 4. The van der Waals surface area contributed by atoms with Crippen molar-refractivity contribution in [1.82, 2.24) is 20.2 Å². The lowest BCUT2D eigenvalue weighted by atomic mass is 10.1. The molecular formula is C17H15FN4O2. The van der Waals surface area contributed by atoms with Crippen molar-refractivity contribution >= 4 is 0 Å². The molecule has 2 atom stereocenters. The molecule has 7 heteroatoms. The number of rotatable bonds is 3. The molecule has 2 aromatic rings. The van der Waals surface area contributed by atoms with Crippen molar-refractivity contribution in [1.29, 1.82) is 0 Å². The van der Waals surface area contributed by atoms with Gasteiger partial charge in [0.25, 0.3) is 5.56 Å². The van der Waals surface area contributed by atoms with Crippen LogP contribution in [0.25, 0.3) is 11.3 Å². The molecule has 0 saturated heterocycles. The van der Waals surface area contributed by atoms with Gasteiger partial charge in [-0.3, -0.25) is 14.2 Å². The largest absolute Gasteiger partial charge is 0.325 e. The van der Waals surface area contributed by atoms with E-state index in [1.165, 1.54) is 6.20 Å². The van der Waals surface area contributed by atoms with Crippen LogP contribution >= 0.6 is 0 Å². The van der Waals surface area contributed by atoms with Crippen molar-refractivity contribution in [3.8, 4) is 23.1 Å². The van der Waals surface area contributed by atoms with Crippen LogP contribution < -0.4 is 11.2 Å². The van der Waals surface area contributed by atoms with E-state index in [0.717, 1.165) is 24.8 Å². The average molecular weight is 326 g/mol. The van der Waals surface area contributed by atoms with E-state index in [2.05, 4.69) is 32.0 Å². The van der Waals surface area contributed by atoms with Crippen molar-refractivity contribution in [2.24, 2.45) is 11.8 Å². The standard InChI is InChI=1S/C17H15FN4O2/c18-7-10-5-11(10)12-6-15(13-8-19-17(24)20-16(13)23)22-21-14(12)4-3-9-1-2-9/h6,8-11H,1-2,5,7H2,(H2,19,20,23,24)/t10-,11+/m1/s1. The van der Waals surface area contributed by atoms with Gasteiger partial charge in [-0.1, -0.05) is 5.92 Å². The molecule has 2 aromatic heterocycles. The van der Waals surface area contributed by atoms with Crippen LogP contribution in [0, 0.1) is 23.7 Å². The van der Waals surface area contributed by atoms with Gasteiger partial charge in [-0.05, 0) is 48.6 Å². The monoisotopic (exact) mass is 326 g/mol. The first kappa shape index (κ1) is 14.8. The normalized spacial score (nSPS) is 21.9. The van der Waals surface area contributed by atoms with E-state index >= 15 is 0 Å². The summed E-state index contributed by atoms with van der Waals surface area (Å²) in [6.07, 6.45) is 4.28. The molecule has 2 aliphatic carbocycles. The van der Waals surface area contributed by atoms with Crippen LogP contribution in [0.1, 0.15) is 36.4 Å². The number of aromatic nitrogens is 4. The fourth-order valence-corrected chi connectivity index (χ4v) is 2.71. The molecule has 6 nitrogen and oxygen atoms in total. The number of H-pyrrole nitrogens is 2. The number of nitrogens with zero attached hydrogens (tertiary/aromatic N) is 2. The molecule has 0 bridgehead atoms. The summed E-state index contributed by atoms with van der Waals surface area (Å²) in [6, 6.07) is 1.74. The third kappa shape index (κ3) is 2.87. The Kier molecular flexibility index (Phi) is 3.53. The topological polar surface area (TPSA) is 91.5 Å². The van der Waals surface area contributed by atoms with E-state index in [1.54, 1.807) is 6.07 Å². The summed E-state index contributed by atoms with van der Waals surface area (Å²) >= 11 is 0. The Bertz CT molecular complexity index is 965. The maximum atomic E-state index is 12.9. The van der Waals surface area contributed by atoms with Gasteiger partial charge >= 0.3 is 5.69 Å². The van der Waals surface area contributed by atoms with Gasteiger partial charge < -0.3 is 4.98 Å². The highest BCUT2D eigenvalue weighted by Crippen LogP contribution is 2.48. The van der Waals surface area contributed by atoms with E-state index in [-0.39, 0.29) is 24.1 Å². The molecule has 2 heterocycles. The Morgan fingerprint density at radius 1 is 1.29 bits per heavy atom. The van der Waals surface area contributed by atoms with Gasteiger partial charge in [0.05, 0.1) is 12.2 Å². The van der Waals surface area contributed by atoms with Crippen molar-refractivity contribution in [3.05, 3.63) is 44.4 Å². The minimum Gasteiger partial charge on any atom is -0.313 e. The van der Waals surface area contributed by atoms with Crippen LogP contribution in [0.2, 0.25) is 0 Å². The van der Waals surface area contributed by atoms with Gasteiger partial charge in [-0.2, -0.15) is 0 Å². The second kappa shape index (κ2) is 5.71. The number of nitrogens with one attached hydrogen (secondary N) is 2. The van der Waals surface area contributed by atoms with Gasteiger partial charge in [-0.15, -0.1) is 10.2 Å². The van der Waals surface area contributed by atoms with Crippen molar-refractivity contribution in [2.75, 3.05) is 6.67 Å². The van der Waals surface area contributed by atoms with Gasteiger partial charge in [0.2, 0.25) is 0 Å². The maximum absolute atomic E-state index is 12.9. The molecule has 0 amide bonds. The molecule has 122 valence electrons. The zero-order chi connectivity index (χ0) is 16.7. The lowest BCUT2D eigenvalue weighted by Gasteiger charge is -2.05. The minimum atomic E-state index is -0.580. The molecule has 0 aromatic carbocycles. The molecular weight excluding hydrogens is 311 g/mol. The van der Waals surface area contributed by atoms with Crippen molar-refractivity contribution < 1.29 is 4.39 Å². The number of hydrogen-bond donors (Lipinski definition) is 2. The third-order valence-corrected chi connectivity index (χ3v) is 4.41. The quantitative estimate of drug-likeness (QED) is 0.833. The molecule has 2 saturated carbocycles. The van der Waals surface area contributed by atoms with Crippen molar-refractivity contribution in [2.45, 2.75) is 25.2 Å². The second-order valence-electron chi connectivity index (χ2n) is 6.32. The predicted octanol–water partition coefficient (Wildman–Crippen LogP) is 1.35. The third-order valence-electron chi connectivity index (χ3n) is 4.41. The number of aromatic amines is 2. The number of halogens is 1. The smallest absolute Gasteiger partial charge is 0.313 e. The number of alkyl halides is 1. The Hall–Kier alpha value is -2.75. The molecule has 0 unspecified atom stereocenters. The Morgan fingerprint density at radius 3 is 2.79 bits per heavy atom. The summed E-state index contributed by atoms with van der Waals surface area (Å²) in [6.45, 7) is -0.378. The second-order valence-corrected chi connectivity index (χ2v) is 6.32. The molecule has 0 spiro atoms. The first-order chi connectivity index (χ1) is 11.7. The van der Waals surface area contributed by atoms with Crippen LogP contribution in [0.15, 0.2) is 21.9 Å². The lowest BCUT2D eigenvalue weighted by molar-refractivity contribution is 0.452. The van der Waals surface area contributed by atoms with Gasteiger partial charge in [0.15, 0.2) is 0 Å². The molecule has 0 radical (unpaired) electrons. The summed E-state index contributed by atoms with van der Waals surface area (Å²) in [7, 11) is 0. The summed E-state index contributed by atoms with van der Waals surface area (Å²) in [5, 5.41) is 8.23. The highest BCUT2D eigenvalue weighted by atomic mass is 19.1. The summed E-state index contributed by atoms with van der Waals surface area (Å²) in [5.74, 6) is 6.68. The maximum Gasteiger partial charge on any atom is 0.325 e. The zero-order valence-electron chi connectivity index (χ0n) is 12.8. The van der Waals surface area contributed by atoms with Gasteiger partial charge in [-0.25, -0.2) is 4.79 Å². The molecule has 4 rings (SSSR count). The van der Waals surface area contributed by atoms with E-state index in [9.17, 15) is 14.0 Å². The first-order valence-corrected chi connectivity index (χ1v) is 7.93. The van der Waals surface area contributed by atoms with Crippen LogP contribution in [-0.2, 0) is 0 Å². The van der Waals surface area contributed by atoms with Crippen LogP contribution in [0.5, 0.6) is 0 Å².